The summed E-state index contributed by atoms with van der Waals surface area (Å²) in [5.74, 6) is 1.38. The van der Waals surface area contributed by atoms with E-state index in [2.05, 4.69) is 20.2 Å². The van der Waals surface area contributed by atoms with Crippen molar-refractivity contribution >= 4 is 28.6 Å². The number of hydrogen-bond donors (Lipinski definition) is 2. The minimum absolute atomic E-state index is 0.0842. The molecule has 2 aromatic rings. The van der Waals surface area contributed by atoms with Crippen molar-refractivity contribution in [2.45, 2.75) is 12.8 Å². The molecule has 0 aliphatic carbocycles. The summed E-state index contributed by atoms with van der Waals surface area (Å²) in [7, 11) is 1.68. The van der Waals surface area contributed by atoms with E-state index in [1.165, 1.54) is 0 Å². The predicted molar refractivity (Wildman–Crippen MR) is 83.0 cm³/mol. The molecule has 0 unspecified atom stereocenters. The van der Waals surface area contributed by atoms with Crippen molar-refractivity contribution in [3.8, 4) is 0 Å². The molecule has 1 amide bonds. The number of rotatable bonds is 2. The van der Waals surface area contributed by atoms with Gasteiger partial charge >= 0.3 is 0 Å². The maximum atomic E-state index is 11.7. The molecule has 0 bridgehead atoms. The number of anilines is 2. The number of aromatic nitrogens is 2. The largest absolute Gasteiger partial charge is 0.381 e. The number of hydrogen-bond acceptors (Lipinski definition) is 5. The first kappa shape index (κ1) is 13.6. The molecule has 6 heteroatoms. The van der Waals surface area contributed by atoms with E-state index in [-0.39, 0.29) is 11.8 Å². The molecule has 1 aliphatic rings. The van der Waals surface area contributed by atoms with Crippen LogP contribution in [0.25, 0.3) is 11.0 Å². The van der Waals surface area contributed by atoms with E-state index in [1.54, 1.807) is 7.05 Å². The minimum atomic E-state index is 0.0842. The molecular weight excluding hydrogens is 266 g/mol. The second kappa shape index (κ2) is 5.55. The molecule has 0 spiro atoms. The standard InChI is InChI=1S/C15H19N5O/c1-17-15(21)10-6-8-20(9-7-10)14-13(16)18-11-4-2-3-5-12(11)19-14/h2-5,10H,6-9H2,1H3,(H2,16,18)(H,17,21). The summed E-state index contributed by atoms with van der Waals surface area (Å²) in [4.78, 5) is 22.8. The molecule has 0 atom stereocenters. The van der Waals surface area contributed by atoms with Crippen LogP contribution in [0.4, 0.5) is 11.6 Å². The molecular formula is C15H19N5O. The molecule has 1 fully saturated rings. The summed E-state index contributed by atoms with van der Waals surface area (Å²) in [6.45, 7) is 1.55. The first-order chi connectivity index (χ1) is 10.2. The van der Waals surface area contributed by atoms with Crippen molar-refractivity contribution in [1.29, 1.82) is 0 Å². The Bertz CT molecular complexity index is 664. The summed E-state index contributed by atoms with van der Waals surface area (Å²) in [6.07, 6.45) is 1.63. The topological polar surface area (TPSA) is 84.1 Å². The Kier molecular flexibility index (Phi) is 3.60. The molecule has 0 radical (unpaired) electrons. The number of para-hydroxylation sites is 2. The second-order valence-electron chi connectivity index (χ2n) is 5.30. The second-order valence-corrected chi connectivity index (χ2v) is 5.30. The molecule has 1 saturated heterocycles. The molecule has 0 saturated carbocycles. The lowest BCUT2D eigenvalue weighted by Crippen LogP contribution is -2.40. The monoisotopic (exact) mass is 285 g/mol. The zero-order valence-corrected chi connectivity index (χ0v) is 12.0. The number of carbonyl (C=O) groups excluding carboxylic acids is 1. The van der Waals surface area contributed by atoms with E-state index in [4.69, 9.17) is 5.73 Å². The maximum Gasteiger partial charge on any atom is 0.222 e. The van der Waals surface area contributed by atoms with Crippen molar-refractivity contribution in [2.75, 3.05) is 30.8 Å². The van der Waals surface area contributed by atoms with Gasteiger partial charge in [-0.25, -0.2) is 9.97 Å². The molecule has 2 heterocycles. The number of carbonyl (C=O) groups is 1. The highest BCUT2D eigenvalue weighted by Gasteiger charge is 2.26. The average molecular weight is 285 g/mol. The first-order valence-corrected chi connectivity index (χ1v) is 7.18. The molecule has 3 N–H and O–H groups in total. The zero-order chi connectivity index (χ0) is 14.8. The van der Waals surface area contributed by atoms with Crippen molar-refractivity contribution < 1.29 is 4.79 Å². The quantitative estimate of drug-likeness (QED) is 0.865. The van der Waals surface area contributed by atoms with Crippen molar-refractivity contribution in [1.82, 2.24) is 15.3 Å². The van der Waals surface area contributed by atoms with Crippen LogP contribution >= 0.6 is 0 Å². The van der Waals surface area contributed by atoms with Gasteiger partial charge in [-0.1, -0.05) is 12.1 Å². The lowest BCUT2D eigenvalue weighted by Gasteiger charge is -2.32. The third-order valence-corrected chi connectivity index (χ3v) is 3.99. The first-order valence-electron chi connectivity index (χ1n) is 7.18. The Morgan fingerprint density at radius 2 is 1.86 bits per heavy atom. The summed E-state index contributed by atoms with van der Waals surface area (Å²) < 4.78 is 0. The lowest BCUT2D eigenvalue weighted by atomic mass is 9.96. The Labute approximate surface area is 123 Å². The van der Waals surface area contributed by atoms with E-state index < -0.39 is 0 Å². The molecule has 6 nitrogen and oxygen atoms in total. The molecule has 110 valence electrons. The van der Waals surface area contributed by atoms with Crippen LogP contribution in [0.2, 0.25) is 0 Å². The molecule has 1 aromatic heterocycles. The summed E-state index contributed by atoms with van der Waals surface area (Å²) in [5.41, 5.74) is 7.69. The van der Waals surface area contributed by atoms with Gasteiger partial charge in [0.1, 0.15) is 0 Å². The van der Waals surface area contributed by atoms with Crippen LogP contribution < -0.4 is 16.0 Å². The van der Waals surface area contributed by atoms with Crippen LogP contribution in [-0.2, 0) is 4.79 Å². The minimum Gasteiger partial charge on any atom is -0.381 e. The molecule has 1 aliphatic heterocycles. The predicted octanol–water partition coefficient (Wildman–Crippen LogP) is 1.17. The van der Waals surface area contributed by atoms with Gasteiger partial charge < -0.3 is 16.0 Å². The number of benzene rings is 1. The number of nitrogens with one attached hydrogen (secondary N) is 1. The van der Waals surface area contributed by atoms with E-state index in [1.807, 2.05) is 24.3 Å². The molecule has 1 aromatic carbocycles. The third kappa shape index (κ3) is 2.61. The van der Waals surface area contributed by atoms with Crippen LogP contribution in [0.3, 0.4) is 0 Å². The average Bonchev–Trinajstić information content (AvgIpc) is 2.53. The van der Waals surface area contributed by atoms with Crippen LogP contribution in [0.15, 0.2) is 24.3 Å². The van der Waals surface area contributed by atoms with Gasteiger partial charge in [-0.15, -0.1) is 0 Å². The number of nitrogens with zero attached hydrogens (tertiary/aromatic N) is 3. The highest BCUT2D eigenvalue weighted by atomic mass is 16.1. The van der Waals surface area contributed by atoms with Crippen LogP contribution in [0, 0.1) is 5.92 Å². The van der Waals surface area contributed by atoms with Crippen molar-refractivity contribution in [2.24, 2.45) is 5.92 Å². The van der Waals surface area contributed by atoms with Crippen LogP contribution in [0.5, 0.6) is 0 Å². The Morgan fingerprint density at radius 1 is 1.24 bits per heavy atom. The van der Waals surface area contributed by atoms with Gasteiger partial charge in [0.25, 0.3) is 0 Å². The summed E-state index contributed by atoms with van der Waals surface area (Å²) in [5, 5.41) is 2.71. The maximum absolute atomic E-state index is 11.7. The smallest absolute Gasteiger partial charge is 0.222 e. The van der Waals surface area contributed by atoms with Gasteiger partial charge in [-0.3, -0.25) is 4.79 Å². The highest BCUT2D eigenvalue weighted by molar-refractivity contribution is 5.80. The van der Waals surface area contributed by atoms with E-state index in [0.717, 1.165) is 42.8 Å². The summed E-state index contributed by atoms with van der Waals surface area (Å²) in [6, 6.07) is 7.70. The number of nitrogen functional groups attached to an aromatic ring is 1. The van der Waals surface area contributed by atoms with Gasteiger partial charge in [-0.05, 0) is 25.0 Å². The SMILES string of the molecule is CNC(=O)C1CCN(c2nc3ccccc3nc2N)CC1. The van der Waals surface area contributed by atoms with E-state index in [0.29, 0.717) is 5.82 Å². The molecule has 21 heavy (non-hydrogen) atoms. The zero-order valence-electron chi connectivity index (χ0n) is 12.0. The fraction of sp³-hybridized carbons (Fsp3) is 0.400. The van der Waals surface area contributed by atoms with Gasteiger partial charge in [-0.2, -0.15) is 0 Å². The normalized spacial score (nSPS) is 16.1. The van der Waals surface area contributed by atoms with E-state index >= 15 is 0 Å². The lowest BCUT2D eigenvalue weighted by molar-refractivity contribution is -0.125. The Balaban J connectivity index is 1.82. The third-order valence-electron chi connectivity index (χ3n) is 3.99. The van der Waals surface area contributed by atoms with Crippen molar-refractivity contribution in [3.63, 3.8) is 0 Å². The highest BCUT2D eigenvalue weighted by Crippen LogP contribution is 2.27. The van der Waals surface area contributed by atoms with Gasteiger partial charge in [0.15, 0.2) is 11.6 Å². The van der Waals surface area contributed by atoms with Crippen molar-refractivity contribution in [3.05, 3.63) is 24.3 Å². The van der Waals surface area contributed by atoms with Gasteiger partial charge in [0.05, 0.1) is 11.0 Å². The van der Waals surface area contributed by atoms with Gasteiger partial charge in [0.2, 0.25) is 5.91 Å². The Morgan fingerprint density at radius 3 is 2.48 bits per heavy atom. The summed E-state index contributed by atoms with van der Waals surface area (Å²) >= 11 is 0. The Hall–Kier alpha value is -2.37. The fourth-order valence-electron chi connectivity index (χ4n) is 2.79. The number of piperidine rings is 1. The number of amides is 1. The molecule has 3 rings (SSSR count). The van der Waals surface area contributed by atoms with Gasteiger partial charge in [0, 0.05) is 26.1 Å². The fourth-order valence-corrected chi connectivity index (χ4v) is 2.79. The van der Waals surface area contributed by atoms with Crippen LogP contribution in [-0.4, -0.2) is 36.0 Å². The number of fused-ring (bicyclic) bond motifs is 1. The van der Waals surface area contributed by atoms with E-state index in [9.17, 15) is 4.79 Å². The van der Waals surface area contributed by atoms with Crippen LogP contribution in [0.1, 0.15) is 12.8 Å². The number of nitrogens with two attached hydrogens (primary N) is 1.